The number of aliphatic hydroxyl groups excluding tert-OH is 1. The number of benzene rings is 4. The van der Waals surface area contributed by atoms with Gasteiger partial charge in [0.25, 0.3) is 8.32 Å². The number of quaternary nitrogens is 1. The lowest BCUT2D eigenvalue weighted by molar-refractivity contribution is -0.984. The number of aliphatic hydroxyl groups is 1. The van der Waals surface area contributed by atoms with Crippen LogP contribution < -0.4 is 4.43 Å². The highest BCUT2D eigenvalue weighted by Crippen LogP contribution is 2.50. The molecule has 3 aliphatic rings. The van der Waals surface area contributed by atoms with Crippen LogP contribution >= 0.6 is 0 Å². The molecule has 5 aromatic rings. The van der Waals surface area contributed by atoms with E-state index in [1.54, 1.807) is 0 Å². The minimum Gasteiger partial charge on any atom is -0.543 e. The summed E-state index contributed by atoms with van der Waals surface area (Å²) in [6, 6.07) is 36.6. The van der Waals surface area contributed by atoms with Crippen LogP contribution in [0.25, 0.3) is 33.2 Å². The normalized spacial score (nSPS) is 22.9. The third-order valence-electron chi connectivity index (χ3n) is 12.0. The molecule has 0 amide bonds. The van der Waals surface area contributed by atoms with E-state index in [4.69, 9.17) is 4.43 Å². The van der Waals surface area contributed by atoms with Gasteiger partial charge in [-0.25, -0.2) is 0 Å². The van der Waals surface area contributed by atoms with Gasteiger partial charge in [-0.3, -0.25) is 4.98 Å². The van der Waals surface area contributed by atoms with Crippen molar-refractivity contribution in [3.8, 4) is 28.0 Å². The fourth-order valence-corrected chi connectivity index (χ4v) is 9.33. The van der Waals surface area contributed by atoms with Crippen molar-refractivity contribution in [1.82, 2.24) is 4.98 Å². The average molecular weight is 668 g/mol. The number of piperidine rings is 3. The second kappa shape index (κ2) is 13.0. The molecule has 0 unspecified atom stereocenters. The molecule has 0 saturated carbocycles. The van der Waals surface area contributed by atoms with Gasteiger partial charge in [0.05, 0.1) is 18.6 Å². The van der Waals surface area contributed by atoms with Crippen molar-refractivity contribution in [1.29, 1.82) is 0 Å². The first-order valence-corrected chi connectivity index (χ1v) is 20.9. The van der Waals surface area contributed by atoms with Gasteiger partial charge < -0.3 is 14.0 Å². The van der Waals surface area contributed by atoms with Crippen LogP contribution in [-0.2, 0) is 6.54 Å². The number of pyridine rings is 1. The Labute approximate surface area is 293 Å². The minimum absolute atomic E-state index is 0.0460. The number of para-hydroxylation sites is 1. The highest BCUT2D eigenvalue weighted by Gasteiger charge is 2.54. The van der Waals surface area contributed by atoms with Gasteiger partial charge in [-0.05, 0) is 65.0 Å². The van der Waals surface area contributed by atoms with Crippen LogP contribution in [0.2, 0.25) is 18.1 Å². The van der Waals surface area contributed by atoms with E-state index in [0.717, 1.165) is 81.4 Å². The van der Waals surface area contributed by atoms with Crippen molar-refractivity contribution in [2.75, 3.05) is 13.1 Å². The number of fused-ring (bicyclic) bond motifs is 4. The van der Waals surface area contributed by atoms with Crippen LogP contribution in [0.5, 0.6) is 5.75 Å². The second-order valence-corrected chi connectivity index (χ2v) is 20.7. The van der Waals surface area contributed by atoms with Crippen molar-refractivity contribution < 1.29 is 14.0 Å². The maximum absolute atomic E-state index is 12.4. The summed E-state index contributed by atoms with van der Waals surface area (Å²) in [5, 5.41) is 13.5. The summed E-state index contributed by atoms with van der Waals surface area (Å²) in [6.07, 6.45) is 5.58. The van der Waals surface area contributed by atoms with E-state index in [2.05, 4.69) is 136 Å². The van der Waals surface area contributed by atoms with Crippen LogP contribution in [0, 0.1) is 11.8 Å². The van der Waals surface area contributed by atoms with E-state index in [1.807, 2.05) is 24.4 Å². The zero-order valence-corrected chi connectivity index (χ0v) is 30.8. The number of hydrogen-bond acceptors (Lipinski definition) is 3. The standard InChI is InChI=1S/C44H51N2O2Si/c1-7-32-30-46(25-23-35(32)28-41(46)42(47)37-22-24-45-40-21-15-14-20-36(37)40)29-31-26-38(33-16-10-8-11-17-33)43(48-49(5,6)44(2,3)4)39(27-31)34-18-12-9-13-19-34/h7-22,24,26-27,32,35,41-42,47H,1,23,25,28-30H2,2-6H3/q+1/t32-,35-,41+,42-,46+/m0/s1. The van der Waals surface area contributed by atoms with Gasteiger partial charge in [-0.1, -0.05) is 106 Å². The summed E-state index contributed by atoms with van der Waals surface area (Å²) in [7, 11) is -2.20. The monoisotopic (exact) mass is 667 g/mol. The summed E-state index contributed by atoms with van der Waals surface area (Å²) < 4.78 is 8.15. The summed E-state index contributed by atoms with van der Waals surface area (Å²) >= 11 is 0. The third-order valence-corrected chi connectivity index (χ3v) is 16.3. The molecule has 0 aliphatic carbocycles. The summed E-state index contributed by atoms with van der Waals surface area (Å²) in [4.78, 5) is 4.61. The molecule has 3 fully saturated rings. The third kappa shape index (κ3) is 6.29. The number of rotatable bonds is 9. The Bertz CT molecular complexity index is 1890. The van der Waals surface area contributed by atoms with Crippen LogP contribution in [0.4, 0.5) is 0 Å². The minimum atomic E-state index is -2.20. The molecule has 8 rings (SSSR count). The molecule has 0 spiro atoms. The molecular formula is C44H51N2O2Si+. The Morgan fingerprint density at radius 3 is 2.14 bits per heavy atom. The number of hydrogen-bond donors (Lipinski definition) is 1. The zero-order valence-electron chi connectivity index (χ0n) is 29.8. The lowest BCUT2D eigenvalue weighted by atomic mass is 9.71. The molecule has 252 valence electrons. The van der Waals surface area contributed by atoms with Crippen molar-refractivity contribution >= 4 is 19.2 Å². The maximum atomic E-state index is 12.4. The van der Waals surface area contributed by atoms with Crippen molar-refractivity contribution in [3.05, 3.63) is 133 Å². The van der Waals surface area contributed by atoms with E-state index in [0.29, 0.717) is 11.8 Å². The summed E-state index contributed by atoms with van der Waals surface area (Å²) in [5.41, 5.74) is 7.81. The molecular weight excluding hydrogens is 617 g/mol. The topological polar surface area (TPSA) is 42.4 Å². The quantitative estimate of drug-likeness (QED) is 0.0966. The number of aromatic nitrogens is 1. The summed E-state index contributed by atoms with van der Waals surface area (Å²) in [5.74, 6) is 1.97. The van der Waals surface area contributed by atoms with Gasteiger partial charge in [0, 0.05) is 47.0 Å². The molecule has 1 aromatic heterocycles. The highest BCUT2D eigenvalue weighted by molar-refractivity contribution is 6.74. The predicted molar refractivity (Wildman–Crippen MR) is 206 cm³/mol. The first kappa shape index (κ1) is 33.5. The van der Waals surface area contributed by atoms with E-state index in [9.17, 15) is 5.11 Å². The predicted octanol–water partition coefficient (Wildman–Crippen LogP) is 10.6. The Morgan fingerprint density at radius 2 is 1.53 bits per heavy atom. The molecule has 5 atom stereocenters. The maximum Gasteiger partial charge on any atom is 0.250 e. The van der Waals surface area contributed by atoms with Gasteiger partial charge in [0.2, 0.25) is 0 Å². The van der Waals surface area contributed by atoms with E-state index < -0.39 is 14.4 Å². The van der Waals surface area contributed by atoms with Gasteiger partial charge in [-0.15, -0.1) is 6.58 Å². The SMILES string of the molecule is C=C[C@H]1C[N@+]2(Cc3cc(-c4ccccc4)c(O[Si](C)(C)C(C)(C)C)c(-c4ccccc4)c3)CC[C@H]1C[C@@H]2[C@@H](O)c1ccnc2ccccc12. The smallest absolute Gasteiger partial charge is 0.250 e. The van der Waals surface area contributed by atoms with Gasteiger partial charge >= 0.3 is 0 Å². The van der Waals surface area contributed by atoms with E-state index in [1.165, 1.54) is 5.56 Å². The Hall–Kier alpha value is -4.03. The fraction of sp³-hybridized carbons (Fsp3) is 0.341. The summed E-state index contributed by atoms with van der Waals surface area (Å²) in [6.45, 7) is 18.8. The Kier molecular flexibility index (Phi) is 8.89. The highest BCUT2D eigenvalue weighted by atomic mass is 28.4. The Balaban J connectivity index is 1.39. The largest absolute Gasteiger partial charge is 0.543 e. The molecule has 5 heteroatoms. The van der Waals surface area contributed by atoms with Crippen molar-refractivity contribution in [2.45, 2.75) is 70.4 Å². The van der Waals surface area contributed by atoms with Crippen LogP contribution in [0.3, 0.4) is 0 Å². The van der Waals surface area contributed by atoms with Gasteiger partial charge in [0.1, 0.15) is 24.4 Å². The lowest BCUT2D eigenvalue weighted by Crippen LogP contribution is -2.67. The molecule has 2 bridgehead atoms. The van der Waals surface area contributed by atoms with Gasteiger partial charge in [-0.2, -0.15) is 0 Å². The first-order chi connectivity index (χ1) is 23.5. The lowest BCUT2D eigenvalue weighted by Gasteiger charge is -2.58. The molecule has 0 radical (unpaired) electrons. The molecule has 4 aromatic carbocycles. The molecule has 4 nitrogen and oxygen atoms in total. The van der Waals surface area contributed by atoms with Gasteiger partial charge in [0.15, 0.2) is 0 Å². The molecule has 4 heterocycles. The van der Waals surface area contributed by atoms with Crippen LogP contribution in [0.1, 0.15) is 50.8 Å². The van der Waals surface area contributed by atoms with E-state index >= 15 is 0 Å². The van der Waals surface area contributed by atoms with Crippen molar-refractivity contribution in [2.24, 2.45) is 11.8 Å². The first-order valence-electron chi connectivity index (χ1n) is 18.0. The van der Waals surface area contributed by atoms with Crippen LogP contribution in [0.15, 0.2) is 122 Å². The van der Waals surface area contributed by atoms with Crippen LogP contribution in [-0.4, -0.2) is 42.0 Å². The van der Waals surface area contributed by atoms with E-state index in [-0.39, 0.29) is 11.1 Å². The Morgan fingerprint density at radius 1 is 0.918 bits per heavy atom. The second-order valence-electron chi connectivity index (χ2n) is 16.0. The number of nitrogens with zero attached hydrogens (tertiary/aromatic N) is 2. The molecule has 3 saturated heterocycles. The molecule has 3 aliphatic heterocycles. The zero-order chi connectivity index (χ0) is 34.4. The molecule has 1 N–H and O–H groups in total. The fourth-order valence-electron chi connectivity index (χ4n) is 8.29. The average Bonchev–Trinajstić information content (AvgIpc) is 3.11. The van der Waals surface area contributed by atoms with Crippen molar-refractivity contribution in [3.63, 3.8) is 0 Å². The molecule has 49 heavy (non-hydrogen) atoms.